The van der Waals surface area contributed by atoms with E-state index in [1.165, 1.54) is 0 Å². The molecule has 0 N–H and O–H groups in total. The van der Waals surface area contributed by atoms with E-state index in [0.717, 1.165) is 45.3 Å². The van der Waals surface area contributed by atoms with Crippen molar-refractivity contribution in [1.29, 1.82) is 0 Å². The molecule has 2 saturated heterocycles. The van der Waals surface area contributed by atoms with Crippen LogP contribution in [0.5, 0.6) is 0 Å². The van der Waals surface area contributed by atoms with Gasteiger partial charge in [0, 0.05) is 33.3 Å². The number of hydrogen-bond acceptors (Lipinski definition) is 4. The maximum absolute atomic E-state index is 12.4. The van der Waals surface area contributed by atoms with Crippen LogP contribution in [0.25, 0.3) is 0 Å². The van der Waals surface area contributed by atoms with Gasteiger partial charge in [-0.25, -0.2) is 4.79 Å². The minimum Gasteiger partial charge on any atom is -0.444 e. The van der Waals surface area contributed by atoms with Gasteiger partial charge in [-0.05, 0) is 58.8 Å². The maximum Gasteiger partial charge on any atom is 0.410 e. The van der Waals surface area contributed by atoms with Crippen molar-refractivity contribution >= 4 is 12.0 Å². The molecule has 1 unspecified atom stereocenters. The van der Waals surface area contributed by atoms with Gasteiger partial charge in [-0.3, -0.25) is 4.79 Å². The number of carbonyl (C=O) groups is 2. The summed E-state index contributed by atoms with van der Waals surface area (Å²) < 4.78 is 11.1. The van der Waals surface area contributed by atoms with Gasteiger partial charge in [0.25, 0.3) is 0 Å². The molecule has 2 heterocycles. The molecule has 0 aliphatic carbocycles. The fraction of sp³-hybridized carbons (Fsp3) is 0.895. The molecule has 0 aromatic carbocycles. The lowest BCUT2D eigenvalue weighted by molar-refractivity contribution is -0.134. The quantitative estimate of drug-likeness (QED) is 0.778. The summed E-state index contributed by atoms with van der Waals surface area (Å²) in [6.45, 7) is 8.59. The molecule has 6 nitrogen and oxygen atoms in total. The Kier molecular flexibility index (Phi) is 7.11. The second-order valence-electron chi connectivity index (χ2n) is 8.38. The van der Waals surface area contributed by atoms with E-state index in [1.807, 2.05) is 32.7 Å². The van der Waals surface area contributed by atoms with E-state index in [9.17, 15) is 9.59 Å². The molecule has 0 aromatic heterocycles. The number of hydrogen-bond donors (Lipinski definition) is 0. The SMILES string of the molecule is CN(CC1CCN(C(=O)OC(C)(C)C)CC1)C(=O)CC1CCCCO1. The molecule has 2 fully saturated rings. The summed E-state index contributed by atoms with van der Waals surface area (Å²) in [4.78, 5) is 28.1. The molecule has 0 spiro atoms. The van der Waals surface area contributed by atoms with Gasteiger partial charge in [-0.2, -0.15) is 0 Å². The first kappa shape index (κ1) is 20.0. The summed E-state index contributed by atoms with van der Waals surface area (Å²) in [5.41, 5.74) is -0.457. The Hall–Kier alpha value is -1.30. The van der Waals surface area contributed by atoms with Crippen LogP contribution in [0.15, 0.2) is 0 Å². The summed E-state index contributed by atoms with van der Waals surface area (Å²) in [5, 5.41) is 0. The molecular weight excluding hydrogens is 320 g/mol. The lowest BCUT2D eigenvalue weighted by atomic mass is 9.96. The molecule has 2 rings (SSSR count). The number of likely N-dealkylation sites (tertiary alicyclic amines) is 1. The van der Waals surface area contributed by atoms with Crippen LogP contribution in [-0.2, 0) is 14.3 Å². The van der Waals surface area contributed by atoms with Crippen molar-refractivity contribution in [2.45, 2.75) is 71.0 Å². The van der Waals surface area contributed by atoms with E-state index in [1.54, 1.807) is 4.90 Å². The number of rotatable bonds is 4. The van der Waals surface area contributed by atoms with Gasteiger partial charge in [0.05, 0.1) is 12.5 Å². The van der Waals surface area contributed by atoms with E-state index in [4.69, 9.17) is 9.47 Å². The molecule has 2 aliphatic rings. The molecule has 2 amide bonds. The smallest absolute Gasteiger partial charge is 0.410 e. The highest BCUT2D eigenvalue weighted by molar-refractivity contribution is 5.76. The van der Waals surface area contributed by atoms with Crippen molar-refractivity contribution in [2.24, 2.45) is 5.92 Å². The first-order chi connectivity index (χ1) is 11.7. The van der Waals surface area contributed by atoms with Gasteiger partial charge in [0.1, 0.15) is 5.60 Å². The van der Waals surface area contributed by atoms with Crippen molar-refractivity contribution in [3.8, 4) is 0 Å². The zero-order valence-electron chi connectivity index (χ0n) is 16.3. The molecule has 0 aromatic rings. The number of ether oxygens (including phenoxy) is 2. The molecule has 2 aliphatic heterocycles. The Labute approximate surface area is 151 Å². The number of carbonyl (C=O) groups excluding carboxylic acids is 2. The van der Waals surface area contributed by atoms with Gasteiger partial charge in [-0.15, -0.1) is 0 Å². The van der Waals surface area contributed by atoms with Crippen molar-refractivity contribution in [2.75, 3.05) is 33.3 Å². The Bertz CT molecular complexity index is 447. The van der Waals surface area contributed by atoms with Crippen molar-refractivity contribution in [3.05, 3.63) is 0 Å². The highest BCUT2D eigenvalue weighted by Crippen LogP contribution is 2.21. The Morgan fingerprint density at radius 2 is 1.84 bits per heavy atom. The van der Waals surface area contributed by atoms with Crippen LogP contribution in [0.1, 0.15) is 59.3 Å². The van der Waals surface area contributed by atoms with Gasteiger partial charge < -0.3 is 19.3 Å². The van der Waals surface area contributed by atoms with Crippen molar-refractivity contribution in [3.63, 3.8) is 0 Å². The second kappa shape index (κ2) is 8.88. The fourth-order valence-corrected chi connectivity index (χ4v) is 3.43. The number of piperidine rings is 1. The predicted molar refractivity (Wildman–Crippen MR) is 96.4 cm³/mol. The minimum atomic E-state index is -0.457. The van der Waals surface area contributed by atoms with Gasteiger partial charge >= 0.3 is 6.09 Å². The Balaban J connectivity index is 1.70. The topological polar surface area (TPSA) is 59.1 Å². The third kappa shape index (κ3) is 6.84. The normalized spacial score (nSPS) is 22.6. The van der Waals surface area contributed by atoms with Crippen LogP contribution in [0.3, 0.4) is 0 Å². The Morgan fingerprint density at radius 3 is 2.40 bits per heavy atom. The fourth-order valence-electron chi connectivity index (χ4n) is 3.43. The van der Waals surface area contributed by atoms with E-state index in [0.29, 0.717) is 25.4 Å². The van der Waals surface area contributed by atoms with Crippen LogP contribution in [0.4, 0.5) is 4.79 Å². The molecule has 1 atom stereocenters. The van der Waals surface area contributed by atoms with Crippen LogP contribution in [0.2, 0.25) is 0 Å². The first-order valence-corrected chi connectivity index (χ1v) is 9.58. The molecule has 6 heteroatoms. The van der Waals surface area contributed by atoms with Crippen LogP contribution in [0, 0.1) is 5.92 Å². The zero-order valence-corrected chi connectivity index (χ0v) is 16.3. The van der Waals surface area contributed by atoms with E-state index >= 15 is 0 Å². The van der Waals surface area contributed by atoms with Crippen molar-refractivity contribution in [1.82, 2.24) is 9.80 Å². The maximum atomic E-state index is 12.4. The average Bonchev–Trinajstić information content (AvgIpc) is 2.54. The third-order valence-corrected chi connectivity index (χ3v) is 4.90. The minimum absolute atomic E-state index is 0.0951. The molecular formula is C19H34N2O4. The van der Waals surface area contributed by atoms with Crippen LogP contribution >= 0.6 is 0 Å². The number of nitrogens with zero attached hydrogens (tertiary/aromatic N) is 2. The molecule has 25 heavy (non-hydrogen) atoms. The first-order valence-electron chi connectivity index (χ1n) is 9.58. The monoisotopic (exact) mass is 354 g/mol. The van der Waals surface area contributed by atoms with Crippen LogP contribution in [-0.4, -0.2) is 66.8 Å². The summed E-state index contributed by atoms with van der Waals surface area (Å²) in [6, 6.07) is 0. The molecule has 0 radical (unpaired) electrons. The second-order valence-corrected chi connectivity index (χ2v) is 8.38. The summed E-state index contributed by atoms with van der Waals surface area (Å²) in [7, 11) is 1.88. The molecule has 0 saturated carbocycles. The van der Waals surface area contributed by atoms with E-state index in [-0.39, 0.29) is 18.1 Å². The van der Waals surface area contributed by atoms with Crippen LogP contribution < -0.4 is 0 Å². The highest BCUT2D eigenvalue weighted by Gasteiger charge is 2.28. The third-order valence-electron chi connectivity index (χ3n) is 4.90. The van der Waals surface area contributed by atoms with E-state index < -0.39 is 5.60 Å². The molecule has 144 valence electrons. The predicted octanol–water partition coefficient (Wildman–Crippen LogP) is 3.05. The highest BCUT2D eigenvalue weighted by atomic mass is 16.6. The van der Waals surface area contributed by atoms with E-state index in [2.05, 4.69) is 0 Å². The van der Waals surface area contributed by atoms with Crippen molar-refractivity contribution < 1.29 is 19.1 Å². The summed E-state index contributed by atoms with van der Waals surface area (Å²) >= 11 is 0. The zero-order chi connectivity index (χ0) is 18.4. The average molecular weight is 354 g/mol. The van der Waals surface area contributed by atoms with Gasteiger partial charge in [0.2, 0.25) is 5.91 Å². The number of amides is 2. The summed E-state index contributed by atoms with van der Waals surface area (Å²) in [6.07, 6.45) is 5.44. The summed E-state index contributed by atoms with van der Waals surface area (Å²) in [5.74, 6) is 0.612. The van der Waals surface area contributed by atoms with Gasteiger partial charge in [0.15, 0.2) is 0 Å². The Morgan fingerprint density at radius 1 is 1.16 bits per heavy atom. The molecule has 0 bridgehead atoms. The standard InChI is InChI=1S/C19H34N2O4/c1-19(2,3)25-18(23)21-10-8-15(9-11-21)14-20(4)17(22)13-16-7-5-6-12-24-16/h15-16H,5-14H2,1-4H3. The van der Waals surface area contributed by atoms with Gasteiger partial charge in [-0.1, -0.05) is 0 Å². The largest absolute Gasteiger partial charge is 0.444 e. The lowest BCUT2D eigenvalue weighted by Crippen LogP contribution is -2.44. The lowest BCUT2D eigenvalue weighted by Gasteiger charge is -2.35.